The number of nitrogens with zero attached hydrogens (tertiary/aromatic N) is 5. The van der Waals surface area contributed by atoms with Gasteiger partial charge in [0.25, 0.3) is 0 Å². The molecular formula is C16H15N7O. The molecule has 0 amide bonds. The molecule has 0 radical (unpaired) electrons. The van der Waals surface area contributed by atoms with Crippen LogP contribution in [0.5, 0.6) is 5.75 Å². The third kappa shape index (κ3) is 2.54. The van der Waals surface area contributed by atoms with Crippen LogP contribution in [-0.4, -0.2) is 30.2 Å². The summed E-state index contributed by atoms with van der Waals surface area (Å²) in [4.78, 5) is 4.08. The Bertz CT molecular complexity index is 990. The van der Waals surface area contributed by atoms with Crippen molar-refractivity contribution in [2.24, 2.45) is 7.05 Å². The molecule has 3 N–H and O–H groups in total. The van der Waals surface area contributed by atoms with Crippen LogP contribution >= 0.6 is 0 Å². The molecule has 4 aromatic rings. The van der Waals surface area contributed by atoms with Crippen molar-refractivity contribution >= 4 is 17.0 Å². The highest BCUT2D eigenvalue weighted by Gasteiger charge is 2.12. The molecule has 0 aliphatic carbocycles. The number of nitrogens with two attached hydrogens (primary N) is 1. The number of H-pyrrole nitrogens is 1. The zero-order chi connectivity index (χ0) is 16.5. The average molecular weight is 321 g/mol. The average Bonchev–Trinajstić information content (AvgIpc) is 3.19. The standard InChI is InChI=1S/C16H15N7O/c1-23-12(10-5-3-2-4-6-10)7-11(21-23)9-24-13-8-14(17)18-16-15(13)19-22-20-16/h2-8H,9H2,1H3,(H3,17,18,19,20,22). The maximum Gasteiger partial charge on any atom is 0.207 e. The van der Waals surface area contributed by atoms with Crippen molar-refractivity contribution in [3.05, 3.63) is 48.2 Å². The molecule has 0 aliphatic heterocycles. The number of rotatable bonds is 4. The van der Waals surface area contributed by atoms with Gasteiger partial charge in [-0.15, -0.1) is 5.10 Å². The Morgan fingerprint density at radius 1 is 1.17 bits per heavy atom. The summed E-state index contributed by atoms with van der Waals surface area (Å²) in [6.45, 7) is 0.298. The Labute approximate surface area is 137 Å². The molecule has 0 atom stereocenters. The van der Waals surface area contributed by atoms with Crippen molar-refractivity contribution in [1.29, 1.82) is 0 Å². The normalized spacial score (nSPS) is 11.0. The molecular weight excluding hydrogens is 306 g/mol. The van der Waals surface area contributed by atoms with Crippen LogP contribution in [0.4, 0.5) is 5.82 Å². The van der Waals surface area contributed by atoms with E-state index in [0.29, 0.717) is 29.3 Å². The molecule has 0 unspecified atom stereocenters. The minimum absolute atomic E-state index is 0.298. The van der Waals surface area contributed by atoms with Crippen LogP contribution in [0, 0.1) is 0 Å². The molecule has 0 spiro atoms. The highest BCUT2D eigenvalue weighted by atomic mass is 16.5. The SMILES string of the molecule is Cn1nc(COc2cc(N)nc3n[nH]nc23)cc1-c1ccccc1. The fourth-order valence-corrected chi connectivity index (χ4v) is 2.56. The fourth-order valence-electron chi connectivity index (χ4n) is 2.56. The van der Waals surface area contributed by atoms with Crippen molar-refractivity contribution in [2.75, 3.05) is 5.73 Å². The Morgan fingerprint density at radius 2 is 2.00 bits per heavy atom. The van der Waals surface area contributed by atoms with Crippen molar-refractivity contribution in [2.45, 2.75) is 6.61 Å². The first-order valence-electron chi connectivity index (χ1n) is 7.39. The van der Waals surface area contributed by atoms with E-state index in [4.69, 9.17) is 10.5 Å². The Kier molecular flexibility index (Phi) is 3.34. The lowest BCUT2D eigenvalue weighted by atomic mass is 10.1. The second-order valence-electron chi connectivity index (χ2n) is 5.34. The van der Waals surface area contributed by atoms with Gasteiger partial charge in [0, 0.05) is 13.1 Å². The topological polar surface area (TPSA) is 108 Å². The van der Waals surface area contributed by atoms with Gasteiger partial charge in [0.2, 0.25) is 5.65 Å². The number of anilines is 1. The summed E-state index contributed by atoms with van der Waals surface area (Å²) in [5.41, 5.74) is 9.67. The van der Waals surface area contributed by atoms with Crippen LogP contribution in [0.3, 0.4) is 0 Å². The molecule has 3 heterocycles. The lowest BCUT2D eigenvalue weighted by Crippen LogP contribution is -2.00. The summed E-state index contributed by atoms with van der Waals surface area (Å²) >= 11 is 0. The van der Waals surface area contributed by atoms with E-state index in [9.17, 15) is 0 Å². The van der Waals surface area contributed by atoms with Crippen molar-refractivity contribution in [3.8, 4) is 17.0 Å². The monoisotopic (exact) mass is 321 g/mol. The van der Waals surface area contributed by atoms with Gasteiger partial charge < -0.3 is 10.5 Å². The van der Waals surface area contributed by atoms with Crippen molar-refractivity contribution in [3.63, 3.8) is 0 Å². The number of hydrogen-bond donors (Lipinski definition) is 2. The first-order valence-corrected chi connectivity index (χ1v) is 7.39. The number of fused-ring (bicyclic) bond motifs is 1. The minimum Gasteiger partial charge on any atom is -0.485 e. The lowest BCUT2D eigenvalue weighted by molar-refractivity contribution is 0.303. The molecule has 4 rings (SSSR count). The number of nitrogen functional groups attached to an aromatic ring is 1. The highest BCUT2D eigenvalue weighted by molar-refractivity contribution is 5.78. The number of hydrogen-bond acceptors (Lipinski definition) is 6. The maximum absolute atomic E-state index is 5.83. The highest BCUT2D eigenvalue weighted by Crippen LogP contribution is 2.25. The number of nitrogens with one attached hydrogen (secondary N) is 1. The number of aryl methyl sites for hydroxylation is 1. The Morgan fingerprint density at radius 3 is 2.83 bits per heavy atom. The summed E-state index contributed by atoms with van der Waals surface area (Å²) in [7, 11) is 1.91. The number of aromatic amines is 1. The van der Waals surface area contributed by atoms with E-state index in [2.05, 4.69) is 25.5 Å². The van der Waals surface area contributed by atoms with Crippen molar-refractivity contribution < 1.29 is 4.74 Å². The quantitative estimate of drug-likeness (QED) is 0.594. The summed E-state index contributed by atoms with van der Waals surface area (Å²) in [6, 6.07) is 13.7. The molecule has 0 bridgehead atoms. The smallest absolute Gasteiger partial charge is 0.207 e. The molecule has 8 heteroatoms. The third-order valence-electron chi connectivity index (χ3n) is 3.65. The molecule has 8 nitrogen and oxygen atoms in total. The molecule has 0 aliphatic rings. The first-order chi connectivity index (χ1) is 11.7. The molecule has 0 saturated heterocycles. The Hall–Kier alpha value is -3.42. The Balaban J connectivity index is 1.59. The third-order valence-corrected chi connectivity index (χ3v) is 3.65. The summed E-state index contributed by atoms with van der Waals surface area (Å²) < 4.78 is 7.66. The van der Waals surface area contributed by atoms with Gasteiger partial charge in [-0.05, 0) is 11.6 Å². The summed E-state index contributed by atoms with van der Waals surface area (Å²) in [6.07, 6.45) is 0. The van der Waals surface area contributed by atoms with E-state index in [1.807, 2.05) is 48.1 Å². The summed E-state index contributed by atoms with van der Waals surface area (Å²) in [5, 5.41) is 15.0. The van der Waals surface area contributed by atoms with Crippen LogP contribution in [0.2, 0.25) is 0 Å². The van der Waals surface area contributed by atoms with E-state index in [-0.39, 0.29) is 0 Å². The van der Waals surface area contributed by atoms with Gasteiger partial charge in [-0.1, -0.05) is 30.3 Å². The van der Waals surface area contributed by atoms with Crippen molar-refractivity contribution in [1.82, 2.24) is 30.2 Å². The van der Waals surface area contributed by atoms with E-state index in [1.165, 1.54) is 0 Å². The van der Waals surface area contributed by atoms with Gasteiger partial charge in [0.15, 0.2) is 11.3 Å². The molecule has 0 saturated carbocycles. The number of ether oxygens (including phenoxy) is 1. The van der Waals surface area contributed by atoms with Crippen LogP contribution in [0.25, 0.3) is 22.4 Å². The minimum atomic E-state index is 0.298. The zero-order valence-corrected chi connectivity index (χ0v) is 13.0. The molecule has 1 aromatic carbocycles. The van der Waals surface area contributed by atoms with E-state index in [0.717, 1.165) is 17.0 Å². The predicted octanol–water partition coefficient (Wildman–Crippen LogP) is 1.91. The van der Waals surface area contributed by atoms with Crippen LogP contribution in [-0.2, 0) is 13.7 Å². The summed E-state index contributed by atoms with van der Waals surface area (Å²) in [5.74, 6) is 0.857. The molecule has 3 aromatic heterocycles. The van der Waals surface area contributed by atoms with Crippen LogP contribution in [0.1, 0.15) is 5.69 Å². The van der Waals surface area contributed by atoms with Crippen LogP contribution < -0.4 is 10.5 Å². The zero-order valence-electron chi connectivity index (χ0n) is 13.0. The van der Waals surface area contributed by atoms with Gasteiger partial charge in [0.1, 0.15) is 18.1 Å². The number of pyridine rings is 1. The number of aromatic nitrogens is 6. The fraction of sp³-hybridized carbons (Fsp3) is 0.125. The largest absolute Gasteiger partial charge is 0.485 e. The van der Waals surface area contributed by atoms with Gasteiger partial charge >= 0.3 is 0 Å². The van der Waals surface area contributed by atoms with Gasteiger partial charge in [-0.25, -0.2) is 4.98 Å². The predicted molar refractivity (Wildman–Crippen MR) is 89.1 cm³/mol. The van der Waals surface area contributed by atoms with E-state index in [1.54, 1.807) is 6.07 Å². The molecule has 0 fully saturated rings. The van der Waals surface area contributed by atoms with Gasteiger partial charge in [-0.2, -0.15) is 15.4 Å². The van der Waals surface area contributed by atoms with Gasteiger partial charge in [0.05, 0.1) is 5.69 Å². The van der Waals surface area contributed by atoms with E-state index >= 15 is 0 Å². The molecule has 24 heavy (non-hydrogen) atoms. The first kappa shape index (κ1) is 14.2. The van der Waals surface area contributed by atoms with Gasteiger partial charge in [-0.3, -0.25) is 4.68 Å². The second-order valence-corrected chi connectivity index (χ2v) is 5.34. The lowest BCUT2D eigenvalue weighted by Gasteiger charge is -2.04. The maximum atomic E-state index is 5.83. The molecule has 120 valence electrons. The number of benzene rings is 1. The van der Waals surface area contributed by atoms with Crippen LogP contribution in [0.15, 0.2) is 42.5 Å². The van der Waals surface area contributed by atoms with E-state index < -0.39 is 0 Å². The second kappa shape index (κ2) is 5.65.